The normalized spacial score (nSPS) is 15.1. The molecule has 5 nitrogen and oxygen atoms in total. The van der Waals surface area contributed by atoms with Gasteiger partial charge >= 0.3 is 0 Å². The number of anilines is 1. The van der Waals surface area contributed by atoms with Gasteiger partial charge in [0.25, 0.3) is 5.91 Å². The van der Waals surface area contributed by atoms with Crippen LogP contribution in [0.5, 0.6) is 11.5 Å². The number of carbonyl (C=O) groups excluding carboxylic acids is 1. The van der Waals surface area contributed by atoms with E-state index >= 15 is 0 Å². The fourth-order valence-corrected chi connectivity index (χ4v) is 6.05. The van der Waals surface area contributed by atoms with Crippen molar-refractivity contribution in [3.63, 3.8) is 0 Å². The molecule has 0 radical (unpaired) electrons. The molecule has 0 spiro atoms. The molecular formula is C34H30BrFN2O3S. The van der Waals surface area contributed by atoms with Crippen LogP contribution in [0.25, 0.3) is 6.08 Å². The molecular weight excluding hydrogens is 615 g/mol. The highest BCUT2D eigenvalue weighted by Crippen LogP contribution is 2.41. The van der Waals surface area contributed by atoms with Crippen molar-refractivity contribution < 1.29 is 18.7 Å². The molecule has 4 aromatic rings. The zero-order chi connectivity index (χ0) is 29.6. The largest absolute Gasteiger partial charge is 0.493 e. The SMILES string of the molecule is CCc1ccc(N=C2S/C(=C\c3cc(Br)c(OCc4cccc(F)c4)c(OC)c3)C(=O)N2c2ccc(CC)cc2)cc1. The predicted octanol–water partition coefficient (Wildman–Crippen LogP) is 9.11. The van der Waals surface area contributed by atoms with Gasteiger partial charge in [0.2, 0.25) is 0 Å². The van der Waals surface area contributed by atoms with Crippen LogP contribution < -0.4 is 14.4 Å². The monoisotopic (exact) mass is 644 g/mol. The summed E-state index contributed by atoms with van der Waals surface area (Å²) in [6, 6.07) is 26.0. The molecule has 42 heavy (non-hydrogen) atoms. The second kappa shape index (κ2) is 13.4. The van der Waals surface area contributed by atoms with E-state index < -0.39 is 0 Å². The van der Waals surface area contributed by atoms with Crippen LogP contribution in [-0.2, 0) is 24.2 Å². The Bertz CT molecular complexity index is 1650. The van der Waals surface area contributed by atoms with Gasteiger partial charge in [0.05, 0.1) is 27.9 Å². The number of aryl methyl sites for hydroxylation is 2. The number of thioether (sulfide) groups is 1. The van der Waals surface area contributed by atoms with Gasteiger partial charge in [-0.2, -0.15) is 0 Å². The number of hydrogen-bond acceptors (Lipinski definition) is 5. The molecule has 0 aromatic heterocycles. The summed E-state index contributed by atoms with van der Waals surface area (Å²) in [7, 11) is 1.56. The zero-order valence-corrected chi connectivity index (χ0v) is 26.0. The molecule has 0 aliphatic carbocycles. The minimum atomic E-state index is -0.320. The van der Waals surface area contributed by atoms with Crippen LogP contribution in [0, 0.1) is 5.82 Å². The Morgan fingerprint density at radius 1 is 0.929 bits per heavy atom. The molecule has 1 aliphatic heterocycles. The first kappa shape index (κ1) is 29.6. The summed E-state index contributed by atoms with van der Waals surface area (Å²) in [6.07, 6.45) is 3.69. The third-order valence-corrected chi connectivity index (χ3v) is 8.36. The highest BCUT2D eigenvalue weighted by molar-refractivity contribution is 9.10. The maximum Gasteiger partial charge on any atom is 0.271 e. The fraction of sp³-hybridized carbons (Fsp3) is 0.176. The molecule has 0 N–H and O–H groups in total. The van der Waals surface area contributed by atoms with E-state index in [1.54, 1.807) is 24.1 Å². The van der Waals surface area contributed by atoms with Gasteiger partial charge in [-0.15, -0.1) is 0 Å². The van der Waals surface area contributed by atoms with E-state index in [1.807, 2.05) is 54.6 Å². The Kier molecular flexibility index (Phi) is 9.45. The van der Waals surface area contributed by atoms with E-state index in [-0.39, 0.29) is 18.3 Å². The van der Waals surface area contributed by atoms with Crippen LogP contribution in [0.4, 0.5) is 15.8 Å². The lowest BCUT2D eigenvalue weighted by Gasteiger charge is -2.16. The van der Waals surface area contributed by atoms with Crippen LogP contribution in [0.3, 0.4) is 0 Å². The first-order chi connectivity index (χ1) is 20.4. The van der Waals surface area contributed by atoms with Gasteiger partial charge in [0.1, 0.15) is 12.4 Å². The van der Waals surface area contributed by atoms with E-state index in [9.17, 15) is 9.18 Å². The number of methoxy groups -OCH3 is 1. The number of amides is 1. The number of hydrogen-bond donors (Lipinski definition) is 0. The molecule has 4 aromatic carbocycles. The minimum absolute atomic E-state index is 0.158. The summed E-state index contributed by atoms with van der Waals surface area (Å²) < 4.78 is 25.9. The van der Waals surface area contributed by atoms with Crippen molar-refractivity contribution in [3.05, 3.63) is 122 Å². The van der Waals surface area contributed by atoms with Crippen molar-refractivity contribution in [2.24, 2.45) is 4.99 Å². The molecule has 1 aliphatic rings. The molecule has 0 unspecified atom stereocenters. The quantitative estimate of drug-likeness (QED) is 0.171. The number of rotatable bonds is 9. The van der Waals surface area contributed by atoms with Crippen molar-refractivity contribution in [1.29, 1.82) is 0 Å². The van der Waals surface area contributed by atoms with E-state index in [0.717, 1.165) is 29.8 Å². The van der Waals surface area contributed by atoms with Crippen molar-refractivity contribution in [1.82, 2.24) is 0 Å². The molecule has 1 saturated heterocycles. The van der Waals surface area contributed by atoms with Crippen LogP contribution in [-0.4, -0.2) is 18.2 Å². The smallest absolute Gasteiger partial charge is 0.271 e. The van der Waals surface area contributed by atoms with Gasteiger partial charge in [0, 0.05) is 0 Å². The Labute approximate surface area is 258 Å². The number of nitrogens with zero attached hydrogens (tertiary/aromatic N) is 2. The van der Waals surface area contributed by atoms with Crippen LogP contribution in [0.2, 0.25) is 0 Å². The molecule has 1 heterocycles. The number of benzene rings is 4. The van der Waals surface area contributed by atoms with Crippen LogP contribution >= 0.6 is 27.7 Å². The number of carbonyl (C=O) groups is 1. The second-order valence-electron chi connectivity index (χ2n) is 9.64. The van der Waals surface area contributed by atoms with Gasteiger partial charge in [-0.05, 0) is 117 Å². The maximum atomic E-state index is 13.8. The van der Waals surface area contributed by atoms with Gasteiger partial charge in [-0.25, -0.2) is 9.38 Å². The molecule has 0 bridgehead atoms. The Balaban J connectivity index is 1.47. The first-order valence-electron chi connectivity index (χ1n) is 13.6. The summed E-state index contributed by atoms with van der Waals surface area (Å²) in [5.41, 5.74) is 5.41. The average molecular weight is 646 g/mol. The highest BCUT2D eigenvalue weighted by Gasteiger charge is 2.35. The lowest BCUT2D eigenvalue weighted by atomic mass is 10.1. The summed E-state index contributed by atoms with van der Waals surface area (Å²) in [5.74, 6) is 0.499. The van der Waals surface area contributed by atoms with Crippen molar-refractivity contribution in [2.75, 3.05) is 12.0 Å². The third kappa shape index (κ3) is 6.77. The molecule has 0 saturated carbocycles. The van der Waals surface area contributed by atoms with Crippen molar-refractivity contribution >= 4 is 56.2 Å². The maximum absolute atomic E-state index is 13.8. The van der Waals surface area contributed by atoms with Gasteiger partial charge in [0.15, 0.2) is 16.7 Å². The Hall–Kier alpha value is -3.88. The number of amidine groups is 1. The number of aliphatic imine (C=N–C) groups is 1. The molecule has 5 rings (SSSR count). The van der Waals surface area contributed by atoms with E-state index in [0.29, 0.717) is 31.6 Å². The highest BCUT2D eigenvalue weighted by atomic mass is 79.9. The second-order valence-corrected chi connectivity index (χ2v) is 11.5. The lowest BCUT2D eigenvalue weighted by molar-refractivity contribution is -0.113. The topological polar surface area (TPSA) is 51.1 Å². The van der Waals surface area contributed by atoms with E-state index in [2.05, 4.69) is 41.9 Å². The van der Waals surface area contributed by atoms with Crippen LogP contribution in [0.1, 0.15) is 36.1 Å². The van der Waals surface area contributed by atoms with Gasteiger partial charge in [-0.3, -0.25) is 9.69 Å². The summed E-state index contributed by atoms with van der Waals surface area (Å²) >= 11 is 4.92. The lowest BCUT2D eigenvalue weighted by Crippen LogP contribution is -2.28. The van der Waals surface area contributed by atoms with Crippen molar-refractivity contribution in [2.45, 2.75) is 33.3 Å². The number of ether oxygens (including phenoxy) is 2. The zero-order valence-electron chi connectivity index (χ0n) is 23.6. The molecule has 1 amide bonds. The average Bonchev–Trinajstić information content (AvgIpc) is 3.30. The van der Waals surface area contributed by atoms with E-state index in [1.165, 1.54) is 35.0 Å². The van der Waals surface area contributed by atoms with E-state index in [4.69, 9.17) is 14.5 Å². The molecule has 1 fully saturated rings. The molecule has 0 atom stereocenters. The van der Waals surface area contributed by atoms with Crippen molar-refractivity contribution in [3.8, 4) is 11.5 Å². The minimum Gasteiger partial charge on any atom is -0.493 e. The Morgan fingerprint density at radius 3 is 2.26 bits per heavy atom. The fourth-order valence-electron chi connectivity index (χ4n) is 4.47. The first-order valence-corrected chi connectivity index (χ1v) is 15.2. The Morgan fingerprint density at radius 2 is 1.62 bits per heavy atom. The molecule has 214 valence electrons. The summed E-state index contributed by atoms with van der Waals surface area (Å²) in [5, 5.41) is 0.584. The van der Waals surface area contributed by atoms with Crippen LogP contribution in [0.15, 0.2) is 99.3 Å². The summed E-state index contributed by atoms with van der Waals surface area (Å²) in [4.78, 5) is 20.9. The summed E-state index contributed by atoms with van der Waals surface area (Å²) in [6.45, 7) is 4.39. The predicted molar refractivity (Wildman–Crippen MR) is 173 cm³/mol. The van der Waals surface area contributed by atoms with Gasteiger partial charge in [-0.1, -0.05) is 50.2 Å². The molecule has 8 heteroatoms. The number of halogens is 2. The third-order valence-electron chi connectivity index (χ3n) is 6.80. The standard InChI is InChI=1S/C34H30BrFN2O3S/c1-4-22-9-13-27(14-10-22)37-34-38(28-15-11-23(5-2)12-16-28)33(39)31(42-34)20-25-18-29(35)32(30(19-25)40-3)41-21-24-7-6-8-26(36)17-24/h6-20H,4-5,21H2,1-3H3/b31-20-,37-34?. The van der Waals surface area contributed by atoms with Gasteiger partial charge < -0.3 is 9.47 Å².